The maximum absolute atomic E-state index is 2.49. The molecule has 2 aliphatic rings. The van der Waals surface area contributed by atoms with Crippen LogP contribution < -0.4 is 0 Å². The monoisotopic (exact) mass is 640 g/mol. The van der Waals surface area contributed by atoms with Crippen molar-refractivity contribution in [2.75, 3.05) is 11.5 Å². The first-order valence-electron chi connectivity index (χ1n) is 14.1. The Hall–Kier alpha value is -0.800. The van der Waals surface area contributed by atoms with Crippen molar-refractivity contribution < 1.29 is 0 Å². The van der Waals surface area contributed by atoms with Gasteiger partial charge in [0.15, 0.2) is 0 Å². The average molecular weight is 641 g/mol. The lowest BCUT2D eigenvalue weighted by Gasteiger charge is -1.98. The van der Waals surface area contributed by atoms with E-state index in [1.165, 1.54) is 115 Å². The van der Waals surface area contributed by atoms with E-state index in [0.29, 0.717) is 0 Å². The van der Waals surface area contributed by atoms with Gasteiger partial charge in [0.1, 0.15) is 0 Å². The van der Waals surface area contributed by atoms with Crippen molar-refractivity contribution in [3.8, 4) is 39.0 Å². The van der Waals surface area contributed by atoms with E-state index in [4.69, 9.17) is 0 Å². The Bertz CT molecular complexity index is 1370. The molecule has 0 aliphatic carbocycles. The lowest BCUT2D eigenvalue weighted by molar-refractivity contribution is 0.672. The molecule has 0 nitrogen and oxygen atoms in total. The summed E-state index contributed by atoms with van der Waals surface area (Å²) >= 11 is 14.1. The van der Waals surface area contributed by atoms with Gasteiger partial charge in [0.05, 0.1) is 8.42 Å². The van der Waals surface area contributed by atoms with Crippen LogP contribution in [0.4, 0.5) is 0 Å². The summed E-state index contributed by atoms with van der Waals surface area (Å²) in [6, 6.07) is 19.0. The number of thiophene rings is 5. The van der Waals surface area contributed by atoms with Crippen LogP contribution in [0.2, 0.25) is 0 Å². The van der Waals surface area contributed by atoms with Crippen LogP contribution in [-0.4, -0.2) is 11.5 Å². The molecule has 5 aromatic rings. The number of aryl methyl sites for hydroxylation is 2. The van der Waals surface area contributed by atoms with E-state index >= 15 is 0 Å². The van der Waals surface area contributed by atoms with E-state index in [9.17, 15) is 0 Å². The molecule has 5 aromatic heterocycles. The Balaban J connectivity index is 1.09. The largest absolute Gasteiger partial charge is 0.134 e. The second kappa shape index (κ2) is 12.6. The predicted molar refractivity (Wildman–Crippen MR) is 183 cm³/mol. The van der Waals surface area contributed by atoms with Gasteiger partial charge in [-0.2, -0.15) is 0 Å². The van der Waals surface area contributed by atoms with Crippen molar-refractivity contribution in [3.63, 3.8) is 0 Å². The van der Waals surface area contributed by atoms with E-state index in [1.54, 1.807) is 19.5 Å². The lowest BCUT2D eigenvalue weighted by Crippen LogP contribution is -1.82. The summed E-state index contributed by atoms with van der Waals surface area (Å²) in [5.41, 5.74) is 3.19. The molecule has 0 saturated heterocycles. The molecule has 7 rings (SSSR count). The normalized spacial score (nSPS) is 16.8. The van der Waals surface area contributed by atoms with Crippen molar-refractivity contribution in [2.45, 2.75) is 72.6 Å². The molecule has 7 heteroatoms. The fourth-order valence-electron chi connectivity index (χ4n) is 5.34. The SMILES string of the molecule is c1cc(-c2ccc(-c3cc4c(s3)SCCCCCC4)s2)sc1-c1ccc(-c2cc3c(s2)SCCCCCC3)s1. The van der Waals surface area contributed by atoms with Crippen LogP contribution in [0.25, 0.3) is 39.0 Å². The molecule has 39 heavy (non-hydrogen) atoms. The fraction of sp³-hybridized carbons (Fsp3) is 0.375. The highest BCUT2D eigenvalue weighted by atomic mass is 32.2. The minimum atomic E-state index is 1.25. The summed E-state index contributed by atoms with van der Waals surface area (Å²) in [5.74, 6) is 2.55. The molecule has 0 atom stereocenters. The van der Waals surface area contributed by atoms with Crippen LogP contribution in [-0.2, 0) is 12.8 Å². The van der Waals surface area contributed by atoms with E-state index < -0.39 is 0 Å². The number of thioether (sulfide) groups is 2. The summed E-state index contributed by atoms with van der Waals surface area (Å²) in [7, 11) is 0. The topological polar surface area (TPSA) is 0 Å². The van der Waals surface area contributed by atoms with Crippen molar-refractivity contribution in [3.05, 3.63) is 59.7 Å². The van der Waals surface area contributed by atoms with Crippen LogP contribution in [0, 0.1) is 0 Å². The van der Waals surface area contributed by atoms with Gasteiger partial charge in [-0.15, -0.1) is 80.2 Å². The number of hydrogen-bond donors (Lipinski definition) is 0. The minimum absolute atomic E-state index is 1.25. The third-order valence-corrected chi connectivity index (χ3v) is 16.7. The number of fused-ring (bicyclic) bond motifs is 2. The number of hydrogen-bond acceptors (Lipinski definition) is 7. The highest BCUT2D eigenvalue weighted by Gasteiger charge is 2.17. The van der Waals surface area contributed by atoms with E-state index in [2.05, 4.69) is 72.1 Å². The van der Waals surface area contributed by atoms with E-state index in [-0.39, 0.29) is 0 Å². The summed E-state index contributed by atoms with van der Waals surface area (Å²) in [5, 5.41) is 0. The molecule has 0 radical (unpaired) electrons. The molecule has 0 saturated carbocycles. The fourth-order valence-corrected chi connectivity index (χ4v) is 13.9. The lowest BCUT2D eigenvalue weighted by atomic mass is 10.1. The summed E-state index contributed by atoms with van der Waals surface area (Å²) in [6.45, 7) is 0. The van der Waals surface area contributed by atoms with Crippen LogP contribution in [0.1, 0.15) is 62.5 Å². The van der Waals surface area contributed by atoms with Gasteiger partial charge in [0, 0.05) is 39.0 Å². The van der Waals surface area contributed by atoms with Gasteiger partial charge >= 0.3 is 0 Å². The quantitative estimate of drug-likeness (QED) is 0.192. The zero-order valence-corrected chi connectivity index (χ0v) is 27.7. The molecular formula is C32H32S7. The first-order chi connectivity index (χ1) is 19.3. The Morgan fingerprint density at radius 1 is 0.359 bits per heavy atom. The van der Waals surface area contributed by atoms with Crippen LogP contribution in [0.5, 0.6) is 0 Å². The Morgan fingerprint density at radius 2 is 0.718 bits per heavy atom. The van der Waals surface area contributed by atoms with Crippen molar-refractivity contribution >= 4 is 80.2 Å². The van der Waals surface area contributed by atoms with Gasteiger partial charge in [-0.25, -0.2) is 0 Å². The van der Waals surface area contributed by atoms with Gasteiger partial charge in [0.2, 0.25) is 0 Å². The molecular weight excluding hydrogens is 609 g/mol. The molecule has 0 spiro atoms. The van der Waals surface area contributed by atoms with Gasteiger partial charge in [-0.3, -0.25) is 0 Å². The second-order valence-corrected chi connectivity index (χ2v) is 18.4. The van der Waals surface area contributed by atoms with E-state index in [1.807, 2.05) is 56.7 Å². The summed E-state index contributed by atoms with van der Waals surface area (Å²) in [4.78, 5) is 11.4. The maximum Gasteiger partial charge on any atom is 0.0637 e. The first-order valence-corrected chi connectivity index (χ1v) is 20.2. The van der Waals surface area contributed by atoms with Gasteiger partial charge in [-0.05, 0) is 110 Å². The molecule has 0 N–H and O–H groups in total. The molecule has 7 heterocycles. The van der Waals surface area contributed by atoms with Crippen molar-refractivity contribution in [1.82, 2.24) is 0 Å². The van der Waals surface area contributed by atoms with Crippen LogP contribution in [0.15, 0.2) is 56.9 Å². The molecule has 0 amide bonds. The first kappa shape index (κ1) is 27.1. The van der Waals surface area contributed by atoms with Crippen molar-refractivity contribution in [2.24, 2.45) is 0 Å². The van der Waals surface area contributed by atoms with Crippen molar-refractivity contribution in [1.29, 1.82) is 0 Å². The summed E-state index contributed by atoms with van der Waals surface area (Å²) in [6.07, 6.45) is 13.5. The molecule has 0 bridgehead atoms. The van der Waals surface area contributed by atoms with Gasteiger partial charge < -0.3 is 0 Å². The third-order valence-electron chi connectivity index (χ3n) is 7.48. The average Bonchev–Trinajstić information content (AvgIpc) is 3.76. The highest BCUT2D eigenvalue weighted by molar-refractivity contribution is 8.01. The second-order valence-electron chi connectivity index (χ2n) is 10.4. The zero-order valence-electron chi connectivity index (χ0n) is 22.0. The summed E-state index contributed by atoms with van der Waals surface area (Å²) < 4.78 is 3.14. The smallest absolute Gasteiger partial charge is 0.0637 e. The molecule has 202 valence electrons. The zero-order chi connectivity index (χ0) is 26.0. The Morgan fingerprint density at radius 3 is 1.13 bits per heavy atom. The Kier molecular flexibility index (Phi) is 8.74. The van der Waals surface area contributed by atoms with Crippen LogP contribution in [0.3, 0.4) is 0 Å². The predicted octanol–water partition coefficient (Wildman–Crippen LogP) is 13.1. The molecule has 0 fully saturated rings. The third kappa shape index (κ3) is 6.20. The molecule has 2 aliphatic heterocycles. The molecule has 0 aromatic carbocycles. The maximum atomic E-state index is 2.49. The minimum Gasteiger partial charge on any atom is -0.134 e. The van der Waals surface area contributed by atoms with Crippen LogP contribution >= 0.6 is 80.2 Å². The Labute approximate surface area is 260 Å². The van der Waals surface area contributed by atoms with E-state index in [0.717, 1.165) is 0 Å². The number of rotatable bonds is 4. The van der Waals surface area contributed by atoms with Gasteiger partial charge in [-0.1, -0.05) is 25.7 Å². The standard InChI is InChI=1S/C32H32S7/c1-3-7-17-33-31-21(9-5-1)19-29(38-31)27-15-13-25(36-27)23-11-12-24(35-23)26-14-16-28(37-26)30-20-22-10-6-2-4-8-18-34-32(22)39-30/h11-16,19-20H,1-10,17-18H2. The van der Waals surface area contributed by atoms with Gasteiger partial charge in [0.25, 0.3) is 0 Å². The highest BCUT2D eigenvalue weighted by Crippen LogP contribution is 2.47. The molecule has 0 unspecified atom stereocenters.